The number of para-hydroxylation sites is 1. The number of carbonyl (C=O) groups is 2. The van der Waals surface area contributed by atoms with Gasteiger partial charge >= 0.3 is 5.69 Å². The van der Waals surface area contributed by atoms with E-state index in [1.165, 1.54) is 10.6 Å². The van der Waals surface area contributed by atoms with Crippen molar-refractivity contribution in [3.8, 4) is 16.9 Å². The minimum absolute atomic E-state index is 0.0855. The highest BCUT2D eigenvalue weighted by Crippen LogP contribution is 2.40. The van der Waals surface area contributed by atoms with E-state index in [-0.39, 0.29) is 36.8 Å². The molecule has 352 valence electrons. The number of imidazole rings is 1. The van der Waals surface area contributed by atoms with Gasteiger partial charge in [-0.2, -0.15) is 5.10 Å². The van der Waals surface area contributed by atoms with Crippen LogP contribution in [0.3, 0.4) is 0 Å². The molecule has 11 rings (SSSR count). The molecule has 3 saturated heterocycles. The number of hydrogen-bond donors (Lipinski definition) is 2. The Labute approximate surface area is 384 Å². The molecular formula is C46H55F2N15O4. The summed E-state index contributed by atoms with van der Waals surface area (Å²) in [6.45, 7) is 3.86. The van der Waals surface area contributed by atoms with Crippen LogP contribution in [0.1, 0.15) is 70.4 Å². The molecule has 1 unspecified atom stereocenters. The molecule has 5 aromatic heterocycles. The van der Waals surface area contributed by atoms with E-state index < -0.39 is 30.4 Å². The van der Waals surface area contributed by atoms with Gasteiger partial charge in [0.15, 0.2) is 11.5 Å². The number of nitrogens with zero attached hydrogens (tertiary/aromatic N) is 14. The number of fused-ring (bicyclic) bond motifs is 2. The van der Waals surface area contributed by atoms with Crippen molar-refractivity contribution in [2.75, 3.05) is 55.6 Å². The SMILES string of the molecule is Cn1c(=O)n(C2=CC(=O)NC(=O)C2)c2cccc(N3CCC(N4CCN([C@@H](C5CCCCC5)n5cc(-n6nncc6-c6c(N7CCC[C@@H](O)C7)nn7cccnc67)cn5)C(C(F)F)C4)CC3)c21. The second kappa shape index (κ2) is 17.7. The second-order valence-corrected chi connectivity index (χ2v) is 18.7. The van der Waals surface area contributed by atoms with Crippen LogP contribution >= 0.6 is 0 Å². The van der Waals surface area contributed by atoms with Gasteiger partial charge in [-0.15, -0.1) is 10.2 Å². The van der Waals surface area contributed by atoms with Crippen molar-refractivity contribution in [2.45, 2.75) is 95.0 Å². The van der Waals surface area contributed by atoms with Crippen LogP contribution in [-0.2, 0) is 16.6 Å². The highest BCUT2D eigenvalue weighted by Gasteiger charge is 2.43. The van der Waals surface area contributed by atoms with E-state index in [9.17, 15) is 19.5 Å². The van der Waals surface area contributed by atoms with E-state index in [2.05, 4.69) is 35.3 Å². The molecule has 2 amide bonds. The molecule has 0 radical (unpaired) electrons. The number of piperazine rings is 1. The first kappa shape index (κ1) is 43.3. The first-order valence-corrected chi connectivity index (χ1v) is 23.6. The Kier molecular flexibility index (Phi) is 11.4. The summed E-state index contributed by atoms with van der Waals surface area (Å²) in [7, 11) is 1.70. The highest BCUT2D eigenvalue weighted by atomic mass is 19.3. The minimum Gasteiger partial charge on any atom is -0.391 e. The van der Waals surface area contributed by atoms with Gasteiger partial charge in [0.1, 0.15) is 17.5 Å². The fourth-order valence-electron chi connectivity index (χ4n) is 11.6. The van der Waals surface area contributed by atoms with E-state index >= 15 is 8.78 Å². The largest absolute Gasteiger partial charge is 0.391 e. The van der Waals surface area contributed by atoms with Gasteiger partial charge in [-0.1, -0.05) is 30.5 Å². The molecule has 3 atom stereocenters. The number of amides is 2. The molecule has 4 aliphatic heterocycles. The van der Waals surface area contributed by atoms with E-state index in [1.807, 2.05) is 46.2 Å². The number of aromatic nitrogens is 10. The molecule has 21 heteroatoms. The van der Waals surface area contributed by atoms with Crippen LogP contribution in [0.5, 0.6) is 0 Å². The third kappa shape index (κ3) is 7.89. The first-order valence-electron chi connectivity index (χ1n) is 23.6. The van der Waals surface area contributed by atoms with E-state index in [0.29, 0.717) is 72.3 Å². The fraction of sp³-hybridized carbons (Fsp3) is 0.522. The summed E-state index contributed by atoms with van der Waals surface area (Å²) in [6.07, 6.45) is 14.8. The molecule has 6 aromatic rings. The zero-order valence-electron chi connectivity index (χ0n) is 37.4. The molecule has 1 aliphatic carbocycles. The number of aliphatic hydroxyl groups excluding tert-OH is 1. The van der Waals surface area contributed by atoms with Gasteiger partial charge in [-0.3, -0.25) is 38.5 Å². The van der Waals surface area contributed by atoms with Gasteiger partial charge in [0.05, 0.1) is 59.4 Å². The number of rotatable bonds is 10. The van der Waals surface area contributed by atoms with Crippen molar-refractivity contribution < 1.29 is 23.5 Å². The minimum atomic E-state index is -2.58. The fourth-order valence-corrected chi connectivity index (χ4v) is 11.6. The Morgan fingerprint density at radius 3 is 2.52 bits per heavy atom. The molecule has 4 fully saturated rings. The number of anilines is 2. The number of aryl methyl sites for hydroxylation is 1. The number of carbonyl (C=O) groups excluding carboxylic acids is 2. The average molecular weight is 920 g/mol. The standard InChI is InChI=1S/C46H55F2N15O4/c1-55-41-34(11-5-12-35(41)62(46(55)67)31-22-38(65)52-39(66)23-31)56-18-13-30(14-19-56)57-20-21-59(37(28-57)42(47)48)45(29-8-3-2-4-9-29)61-26-32(24-51-61)63-36(25-50-54-63)40-43-49-15-7-17-60(43)53-44(40)58-16-6-10-33(64)27-58/h5,7,11-12,15,17,22,24-26,29-30,33,37,42,45,64H,2-4,6,8-10,13-14,16,18-21,23,27-28H2,1H3,(H,52,65,66)/t33-,37?,45-/m1/s1. The van der Waals surface area contributed by atoms with Gasteiger partial charge < -0.3 is 14.9 Å². The zero-order chi connectivity index (χ0) is 45.9. The Bertz CT molecular complexity index is 2900. The highest BCUT2D eigenvalue weighted by molar-refractivity contribution is 6.10. The first-order chi connectivity index (χ1) is 32.6. The van der Waals surface area contributed by atoms with Crippen LogP contribution in [0.25, 0.3) is 39.3 Å². The topological polar surface area (TPSA) is 185 Å². The average Bonchev–Trinajstić information content (AvgIpc) is 4.14. The van der Waals surface area contributed by atoms with Crippen molar-refractivity contribution in [2.24, 2.45) is 13.0 Å². The summed E-state index contributed by atoms with van der Waals surface area (Å²) >= 11 is 0. The predicted molar refractivity (Wildman–Crippen MR) is 245 cm³/mol. The van der Waals surface area contributed by atoms with Gasteiger partial charge in [0, 0.05) is 83.1 Å². The molecule has 1 aromatic carbocycles. The third-order valence-electron chi connectivity index (χ3n) is 14.7. The van der Waals surface area contributed by atoms with Crippen molar-refractivity contribution in [3.05, 3.63) is 71.8 Å². The second-order valence-electron chi connectivity index (χ2n) is 18.7. The maximum Gasteiger partial charge on any atom is 0.333 e. The van der Waals surface area contributed by atoms with Crippen molar-refractivity contribution in [3.63, 3.8) is 0 Å². The Hall–Kier alpha value is -6.32. The van der Waals surface area contributed by atoms with Crippen LogP contribution in [0.2, 0.25) is 0 Å². The lowest BCUT2D eigenvalue weighted by Gasteiger charge is -2.50. The van der Waals surface area contributed by atoms with E-state index in [1.54, 1.807) is 39.4 Å². The Morgan fingerprint density at radius 1 is 0.896 bits per heavy atom. The van der Waals surface area contributed by atoms with E-state index in [4.69, 9.17) is 10.2 Å². The van der Waals surface area contributed by atoms with Gasteiger partial charge in [-0.05, 0) is 62.6 Å². The third-order valence-corrected chi connectivity index (χ3v) is 14.7. The van der Waals surface area contributed by atoms with Crippen molar-refractivity contribution in [1.29, 1.82) is 0 Å². The summed E-state index contributed by atoms with van der Waals surface area (Å²) in [5.41, 5.74) is 4.86. The number of β-amino-alcohol motifs (C(OH)–C–C–N with tert-alkyl or cyclic N) is 1. The monoisotopic (exact) mass is 919 g/mol. The normalized spacial score (nSPS) is 22.6. The van der Waals surface area contributed by atoms with Crippen LogP contribution in [0.15, 0.2) is 66.1 Å². The number of benzene rings is 1. The van der Waals surface area contributed by atoms with Crippen molar-refractivity contribution in [1.82, 2.24) is 63.6 Å². The molecule has 9 heterocycles. The molecule has 19 nitrogen and oxygen atoms in total. The summed E-state index contributed by atoms with van der Waals surface area (Å²) in [6, 6.07) is 6.60. The Morgan fingerprint density at radius 2 is 1.73 bits per heavy atom. The number of hydrogen-bond acceptors (Lipinski definition) is 13. The molecule has 0 bridgehead atoms. The van der Waals surface area contributed by atoms with Gasteiger partial charge in [0.25, 0.3) is 12.3 Å². The molecular weight excluding hydrogens is 865 g/mol. The predicted octanol–water partition coefficient (Wildman–Crippen LogP) is 3.67. The van der Waals surface area contributed by atoms with E-state index in [0.717, 1.165) is 75.6 Å². The van der Waals surface area contributed by atoms with Crippen LogP contribution in [0.4, 0.5) is 20.3 Å². The van der Waals surface area contributed by atoms with Crippen molar-refractivity contribution >= 4 is 45.7 Å². The van der Waals surface area contributed by atoms with Crippen LogP contribution in [0, 0.1) is 5.92 Å². The number of nitrogens with one attached hydrogen (secondary N) is 1. The number of imide groups is 1. The number of halogens is 2. The maximum absolute atomic E-state index is 15.6. The lowest BCUT2D eigenvalue weighted by Crippen LogP contribution is -2.61. The Balaban J connectivity index is 0.837. The molecule has 67 heavy (non-hydrogen) atoms. The quantitative estimate of drug-likeness (QED) is 0.190. The number of piperidine rings is 2. The number of alkyl halides is 2. The molecule has 1 saturated carbocycles. The number of aliphatic hydroxyl groups is 1. The molecule has 0 spiro atoms. The molecule has 5 aliphatic rings. The maximum atomic E-state index is 15.6. The van der Waals surface area contributed by atoms with Gasteiger partial charge in [0.2, 0.25) is 5.91 Å². The summed E-state index contributed by atoms with van der Waals surface area (Å²) in [4.78, 5) is 51.3. The van der Waals surface area contributed by atoms with Crippen LogP contribution < -0.4 is 20.8 Å². The lowest BCUT2D eigenvalue weighted by atomic mass is 9.85. The summed E-state index contributed by atoms with van der Waals surface area (Å²) in [5, 5.41) is 31.5. The summed E-state index contributed by atoms with van der Waals surface area (Å²) < 4.78 is 39.5. The van der Waals surface area contributed by atoms with Crippen LogP contribution in [-0.4, -0.2) is 146 Å². The smallest absolute Gasteiger partial charge is 0.333 e. The summed E-state index contributed by atoms with van der Waals surface area (Å²) in [5.74, 6) is -0.194. The lowest BCUT2D eigenvalue weighted by molar-refractivity contribution is -0.128. The molecule has 2 N–H and O–H groups in total. The van der Waals surface area contributed by atoms with Gasteiger partial charge in [-0.25, -0.2) is 27.8 Å². The zero-order valence-corrected chi connectivity index (χ0v) is 37.4.